The third-order valence-electron chi connectivity index (χ3n) is 3.10. The number of thiophene rings is 1. The summed E-state index contributed by atoms with van der Waals surface area (Å²) in [6, 6.07) is 0. The van der Waals surface area contributed by atoms with Crippen molar-refractivity contribution in [3.63, 3.8) is 0 Å². The van der Waals surface area contributed by atoms with Crippen LogP contribution in [-0.2, 0) is 9.53 Å². The molecule has 104 valence electrons. The van der Waals surface area contributed by atoms with Crippen LogP contribution in [0.15, 0.2) is 5.38 Å². The van der Waals surface area contributed by atoms with Gasteiger partial charge in [0.15, 0.2) is 0 Å². The summed E-state index contributed by atoms with van der Waals surface area (Å²) in [7, 11) is 0. The molecule has 1 atom stereocenters. The van der Waals surface area contributed by atoms with Gasteiger partial charge >= 0.3 is 5.97 Å². The van der Waals surface area contributed by atoms with Crippen molar-refractivity contribution in [3.8, 4) is 0 Å². The lowest BCUT2D eigenvalue weighted by Gasteiger charge is -2.16. The Bertz CT molecular complexity index is 500. The number of aryl methyl sites for hydroxylation is 1. The lowest BCUT2D eigenvalue weighted by molar-refractivity contribution is -0.117. The van der Waals surface area contributed by atoms with Crippen molar-refractivity contribution in [2.75, 3.05) is 23.9 Å². The predicted molar refractivity (Wildman–Crippen MR) is 76.2 cm³/mol. The summed E-state index contributed by atoms with van der Waals surface area (Å²) >= 11 is 7.22. The van der Waals surface area contributed by atoms with Crippen molar-refractivity contribution in [2.24, 2.45) is 5.92 Å². The molecule has 1 aliphatic heterocycles. The molecule has 0 aliphatic carbocycles. The van der Waals surface area contributed by atoms with Crippen molar-refractivity contribution in [3.05, 3.63) is 16.5 Å². The van der Waals surface area contributed by atoms with Gasteiger partial charge in [-0.3, -0.25) is 4.79 Å². The first-order valence-corrected chi connectivity index (χ1v) is 7.61. The number of ether oxygens (including phenoxy) is 1. The molecule has 0 radical (unpaired) electrons. The number of halogens is 1. The largest absolute Gasteiger partial charge is 0.462 e. The second-order valence-electron chi connectivity index (χ2n) is 4.55. The molecule has 0 spiro atoms. The standard InChI is InChI=1S/C13H16ClNO3S/c1-3-18-13(17)11-8(2)7-19-12(11)15-6-9(5-14)4-10(15)16/h7,9H,3-6H2,1-2H3. The molecule has 1 amide bonds. The fourth-order valence-electron chi connectivity index (χ4n) is 2.16. The van der Waals surface area contributed by atoms with Gasteiger partial charge in [0.2, 0.25) is 5.91 Å². The van der Waals surface area contributed by atoms with Gasteiger partial charge in [0, 0.05) is 18.8 Å². The number of hydrogen-bond donors (Lipinski definition) is 0. The summed E-state index contributed by atoms with van der Waals surface area (Å²) < 4.78 is 5.06. The van der Waals surface area contributed by atoms with E-state index in [0.29, 0.717) is 36.0 Å². The zero-order valence-electron chi connectivity index (χ0n) is 10.9. The molecule has 1 aromatic heterocycles. The van der Waals surface area contributed by atoms with Crippen LogP contribution >= 0.6 is 22.9 Å². The molecule has 1 saturated heterocycles. The summed E-state index contributed by atoms with van der Waals surface area (Å²) in [5.41, 5.74) is 1.36. The number of amides is 1. The molecule has 0 aromatic carbocycles. The average molecular weight is 302 g/mol. The van der Waals surface area contributed by atoms with E-state index in [9.17, 15) is 9.59 Å². The summed E-state index contributed by atoms with van der Waals surface area (Å²) in [4.78, 5) is 25.7. The highest BCUT2D eigenvalue weighted by Gasteiger charge is 2.34. The summed E-state index contributed by atoms with van der Waals surface area (Å²) in [5.74, 6) is 0.282. The van der Waals surface area contributed by atoms with Crippen molar-refractivity contribution in [2.45, 2.75) is 20.3 Å². The second-order valence-corrected chi connectivity index (χ2v) is 5.71. The molecular formula is C13H16ClNO3S. The van der Waals surface area contributed by atoms with Crippen LogP contribution in [0.3, 0.4) is 0 Å². The number of rotatable bonds is 4. The average Bonchev–Trinajstić information content (AvgIpc) is 2.92. The number of carbonyl (C=O) groups is 2. The van der Waals surface area contributed by atoms with Crippen molar-refractivity contribution in [1.29, 1.82) is 0 Å². The van der Waals surface area contributed by atoms with Crippen LogP contribution in [0, 0.1) is 12.8 Å². The third kappa shape index (κ3) is 2.77. The predicted octanol–water partition coefficient (Wildman–Crippen LogP) is 2.82. The summed E-state index contributed by atoms with van der Waals surface area (Å²) in [5, 5.41) is 2.57. The van der Waals surface area contributed by atoms with Crippen LogP contribution in [0.4, 0.5) is 5.00 Å². The molecule has 0 N–H and O–H groups in total. The molecule has 19 heavy (non-hydrogen) atoms. The SMILES string of the molecule is CCOC(=O)c1c(C)csc1N1CC(CCl)CC1=O. The lowest BCUT2D eigenvalue weighted by Crippen LogP contribution is -2.26. The maximum absolute atomic E-state index is 12.0. The molecule has 0 saturated carbocycles. The van der Waals surface area contributed by atoms with Gasteiger partial charge in [-0.2, -0.15) is 0 Å². The van der Waals surface area contributed by atoms with Gasteiger partial charge in [-0.05, 0) is 30.7 Å². The summed E-state index contributed by atoms with van der Waals surface area (Å²) in [6.07, 6.45) is 0.447. The molecule has 2 rings (SSSR count). The van der Waals surface area contributed by atoms with Gasteiger partial charge < -0.3 is 9.64 Å². The zero-order chi connectivity index (χ0) is 14.0. The van der Waals surface area contributed by atoms with E-state index in [4.69, 9.17) is 16.3 Å². The van der Waals surface area contributed by atoms with Crippen LogP contribution in [0.1, 0.15) is 29.3 Å². The normalized spacial score (nSPS) is 19.0. The zero-order valence-corrected chi connectivity index (χ0v) is 12.5. The Labute approximate surface area is 121 Å². The molecular weight excluding hydrogens is 286 g/mol. The van der Waals surface area contributed by atoms with Gasteiger partial charge in [0.1, 0.15) is 5.00 Å². The Morgan fingerprint density at radius 1 is 1.63 bits per heavy atom. The first kappa shape index (κ1) is 14.3. The van der Waals surface area contributed by atoms with E-state index in [-0.39, 0.29) is 17.8 Å². The Morgan fingerprint density at radius 2 is 2.37 bits per heavy atom. The number of carbonyl (C=O) groups excluding carboxylic acids is 2. The second kappa shape index (κ2) is 5.92. The first-order chi connectivity index (χ1) is 9.08. The van der Waals surface area contributed by atoms with E-state index in [0.717, 1.165) is 5.56 Å². The van der Waals surface area contributed by atoms with Crippen LogP contribution < -0.4 is 4.90 Å². The molecule has 1 fully saturated rings. The number of hydrogen-bond acceptors (Lipinski definition) is 4. The van der Waals surface area contributed by atoms with E-state index in [1.165, 1.54) is 11.3 Å². The quantitative estimate of drug-likeness (QED) is 0.634. The van der Waals surface area contributed by atoms with Gasteiger partial charge in [-0.15, -0.1) is 22.9 Å². The molecule has 0 bridgehead atoms. The smallest absolute Gasteiger partial charge is 0.341 e. The molecule has 1 unspecified atom stereocenters. The molecule has 4 nitrogen and oxygen atoms in total. The van der Waals surface area contributed by atoms with Crippen molar-refractivity contribution in [1.82, 2.24) is 0 Å². The van der Waals surface area contributed by atoms with Gasteiger partial charge in [0.05, 0.1) is 12.2 Å². The third-order valence-corrected chi connectivity index (χ3v) is 4.66. The van der Waals surface area contributed by atoms with E-state index in [1.807, 2.05) is 12.3 Å². The number of esters is 1. The lowest BCUT2D eigenvalue weighted by atomic mass is 10.1. The Balaban J connectivity index is 2.31. The fraction of sp³-hybridized carbons (Fsp3) is 0.538. The van der Waals surface area contributed by atoms with Crippen LogP contribution in [0.25, 0.3) is 0 Å². The summed E-state index contributed by atoms with van der Waals surface area (Å²) in [6.45, 7) is 4.52. The number of anilines is 1. The van der Waals surface area contributed by atoms with Gasteiger partial charge in [0.25, 0.3) is 0 Å². The van der Waals surface area contributed by atoms with E-state index in [2.05, 4.69) is 0 Å². The molecule has 1 aromatic rings. The molecule has 2 heterocycles. The topological polar surface area (TPSA) is 46.6 Å². The first-order valence-electron chi connectivity index (χ1n) is 6.20. The van der Waals surface area contributed by atoms with E-state index >= 15 is 0 Å². The Kier molecular flexibility index (Phi) is 4.47. The highest BCUT2D eigenvalue weighted by Crippen LogP contribution is 2.36. The minimum absolute atomic E-state index is 0.0260. The van der Waals surface area contributed by atoms with Crippen molar-refractivity contribution < 1.29 is 14.3 Å². The van der Waals surface area contributed by atoms with Gasteiger partial charge in [-0.1, -0.05) is 0 Å². The van der Waals surface area contributed by atoms with Gasteiger partial charge in [-0.25, -0.2) is 4.79 Å². The van der Waals surface area contributed by atoms with Crippen molar-refractivity contribution >= 4 is 39.8 Å². The highest BCUT2D eigenvalue weighted by molar-refractivity contribution is 7.15. The maximum Gasteiger partial charge on any atom is 0.341 e. The van der Waals surface area contributed by atoms with Crippen LogP contribution in [-0.4, -0.2) is 30.9 Å². The van der Waals surface area contributed by atoms with E-state index < -0.39 is 0 Å². The number of alkyl halides is 1. The minimum atomic E-state index is -0.363. The van der Waals surface area contributed by atoms with E-state index in [1.54, 1.807) is 11.8 Å². The highest BCUT2D eigenvalue weighted by atomic mass is 35.5. The van der Waals surface area contributed by atoms with Crippen LogP contribution in [0.2, 0.25) is 0 Å². The molecule has 1 aliphatic rings. The molecule has 6 heteroatoms. The fourth-order valence-corrected chi connectivity index (χ4v) is 3.44. The minimum Gasteiger partial charge on any atom is -0.462 e. The van der Waals surface area contributed by atoms with Crippen LogP contribution in [0.5, 0.6) is 0 Å². The maximum atomic E-state index is 12.0. The monoisotopic (exact) mass is 301 g/mol. The Morgan fingerprint density at radius 3 is 2.95 bits per heavy atom. The Hall–Kier alpha value is -1.07. The number of nitrogens with zero attached hydrogens (tertiary/aromatic N) is 1.